The average molecular weight is 349 g/mol. The average Bonchev–Trinajstić information content (AvgIpc) is 2.98. The van der Waals surface area contributed by atoms with Crippen LogP contribution < -0.4 is 15.4 Å². The quantitative estimate of drug-likeness (QED) is 0.792. The second kappa shape index (κ2) is 7.97. The molecule has 1 aliphatic carbocycles. The molecule has 0 spiro atoms. The Bertz CT molecular complexity index is 662. The molecule has 0 radical (unpaired) electrons. The molecule has 2 N–H and O–H groups in total. The van der Waals surface area contributed by atoms with Crippen LogP contribution in [0.25, 0.3) is 10.1 Å². The van der Waals surface area contributed by atoms with Crippen molar-refractivity contribution in [2.24, 2.45) is 0 Å². The van der Waals surface area contributed by atoms with Gasteiger partial charge in [-0.1, -0.05) is 19.3 Å². The largest absolute Gasteiger partial charge is 0.497 e. The van der Waals surface area contributed by atoms with E-state index in [9.17, 15) is 0 Å². The number of hydrogen-bond acceptors (Lipinski definition) is 3. The van der Waals surface area contributed by atoms with Crippen molar-refractivity contribution in [2.45, 2.75) is 44.6 Å². The van der Waals surface area contributed by atoms with Gasteiger partial charge in [-0.05, 0) is 66.0 Å². The normalized spacial score (nSPS) is 15.5. The van der Waals surface area contributed by atoms with E-state index in [2.05, 4.69) is 28.1 Å². The molecule has 0 bridgehead atoms. The van der Waals surface area contributed by atoms with Crippen molar-refractivity contribution >= 4 is 38.8 Å². The molecule has 1 fully saturated rings. The summed E-state index contributed by atoms with van der Waals surface area (Å²) in [6.45, 7) is 0.863. The molecule has 0 atom stereocenters. The Balaban J connectivity index is 1.51. The van der Waals surface area contributed by atoms with E-state index in [1.165, 1.54) is 47.8 Å². The fourth-order valence-electron chi connectivity index (χ4n) is 3.18. The standard InChI is InChI=1S/C18H24N2OS2/c1-21-15-7-8-17-16(11-15)13(12-23-17)9-10-19-18(22)20-14-5-3-2-4-6-14/h7-8,11-12,14H,2-6,9-10H2,1H3,(H2,19,20,22). The van der Waals surface area contributed by atoms with Crippen LogP contribution in [0, 0.1) is 0 Å². The molecular weight excluding hydrogens is 324 g/mol. The van der Waals surface area contributed by atoms with Crippen LogP contribution in [0.5, 0.6) is 5.75 Å². The predicted octanol–water partition coefficient (Wildman–Crippen LogP) is 4.25. The highest BCUT2D eigenvalue weighted by Crippen LogP contribution is 2.29. The molecule has 0 unspecified atom stereocenters. The molecule has 124 valence electrons. The van der Waals surface area contributed by atoms with E-state index in [4.69, 9.17) is 17.0 Å². The summed E-state index contributed by atoms with van der Waals surface area (Å²) in [5.41, 5.74) is 1.36. The van der Waals surface area contributed by atoms with Crippen molar-refractivity contribution in [1.82, 2.24) is 10.6 Å². The minimum absolute atomic E-state index is 0.565. The van der Waals surface area contributed by atoms with Crippen LogP contribution in [0.1, 0.15) is 37.7 Å². The van der Waals surface area contributed by atoms with Gasteiger partial charge < -0.3 is 15.4 Å². The zero-order valence-corrected chi connectivity index (χ0v) is 15.2. The molecule has 0 aliphatic heterocycles. The zero-order valence-electron chi connectivity index (χ0n) is 13.6. The summed E-state index contributed by atoms with van der Waals surface area (Å²) in [6.07, 6.45) is 7.48. The van der Waals surface area contributed by atoms with E-state index in [0.29, 0.717) is 6.04 Å². The molecular formula is C18H24N2OS2. The molecule has 1 aromatic carbocycles. The van der Waals surface area contributed by atoms with Crippen LogP contribution in [0.4, 0.5) is 0 Å². The highest BCUT2D eigenvalue weighted by Gasteiger charge is 2.13. The molecule has 23 heavy (non-hydrogen) atoms. The number of nitrogens with one attached hydrogen (secondary N) is 2. The van der Waals surface area contributed by atoms with Gasteiger partial charge in [0.2, 0.25) is 0 Å². The van der Waals surface area contributed by atoms with Crippen LogP contribution in [0.15, 0.2) is 23.6 Å². The number of thiocarbonyl (C=S) groups is 1. The van der Waals surface area contributed by atoms with E-state index in [1.807, 2.05) is 6.07 Å². The smallest absolute Gasteiger partial charge is 0.166 e. The SMILES string of the molecule is COc1ccc2scc(CCNC(=S)NC3CCCCC3)c2c1. The number of hydrogen-bond donors (Lipinski definition) is 2. The van der Waals surface area contributed by atoms with Crippen LogP contribution in [-0.4, -0.2) is 24.8 Å². The summed E-state index contributed by atoms with van der Waals surface area (Å²) in [4.78, 5) is 0. The Hall–Kier alpha value is -1.33. The van der Waals surface area contributed by atoms with Gasteiger partial charge in [-0.3, -0.25) is 0 Å². The molecule has 1 saturated carbocycles. The molecule has 0 saturated heterocycles. The molecule has 3 nitrogen and oxygen atoms in total. The van der Waals surface area contributed by atoms with Gasteiger partial charge >= 0.3 is 0 Å². The maximum atomic E-state index is 5.43. The lowest BCUT2D eigenvalue weighted by molar-refractivity contribution is 0.412. The van der Waals surface area contributed by atoms with Crippen LogP contribution in [0.3, 0.4) is 0 Å². The van der Waals surface area contributed by atoms with Gasteiger partial charge in [-0.2, -0.15) is 0 Å². The lowest BCUT2D eigenvalue weighted by Crippen LogP contribution is -2.43. The predicted molar refractivity (Wildman–Crippen MR) is 103 cm³/mol. The Morgan fingerprint density at radius 1 is 1.30 bits per heavy atom. The second-order valence-corrected chi connectivity index (χ2v) is 7.43. The Morgan fingerprint density at radius 3 is 2.91 bits per heavy atom. The highest BCUT2D eigenvalue weighted by molar-refractivity contribution is 7.80. The third kappa shape index (κ3) is 4.36. The number of methoxy groups -OCH3 is 1. The maximum Gasteiger partial charge on any atom is 0.166 e. The number of fused-ring (bicyclic) bond motifs is 1. The minimum atomic E-state index is 0.565. The lowest BCUT2D eigenvalue weighted by atomic mass is 9.96. The first-order chi connectivity index (χ1) is 11.3. The van der Waals surface area contributed by atoms with E-state index in [0.717, 1.165) is 23.8 Å². The zero-order chi connectivity index (χ0) is 16.1. The molecule has 3 rings (SSSR count). The van der Waals surface area contributed by atoms with Gasteiger partial charge in [0, 0.05) is 17.3 Å². The van der Waals surface area contributed by atoms with Crippen LogP contribution in [-0.2, 0) is 6.42 Å². The van der Waals surface area contributed by atoms with Crippen molar-refractivity contribution in [2.75, 3.05) is 13.7 Å². The first-order valence-corrected chi connectivity index (χ1v) is 9.63. The molecule has 0 amide bonds. The van der Waals surface area contributed by atoms with Crippen molar-refractivity contribution in [3.8, 4) is 5.75 Å². The second-order valence-electron chi connectivity index (χ2n) is 6.11. The third-order valence-electron chi connectivity index (χ3n) is 4.48. The van der Waals surface area contributed by atoms with Crippen LogP contribution >= 0.6 is 23.6 Å². The summed E-state index contributed by atoms with van der Waals surface area (Å²) in [5.74, 6) is 0.916. The van der Waals surface area contributed by atoms with E-state index >= 15 is 0 Å². The van der Waals surface area contributed by atoms with Crippen molar-refractivity contribution < 1.29 is 4.74 Å². The number of rotatable bonds is 5. The number of ether oxygens (including phenoxy) is 1. The summed E-state index contributed by atoms with van der Waals surface area (Å²) in [7, 11) is 1.71. The third-order valence-corrected chi connectivity index (χ3v) is 5.76. The minimum Gasteiger partial charge on any atom is -0.497 e. The topological polar surface area (TPSA) is 33.3 Å². The van der Waals surface area contributed by atoms with Gasteiger partial charge in [-0.15, -0.1) is 11.3 Å². The summed E-state index contributed by atoms with van der Waals surface area (Å²) in [5, 5.41) is 11.1. The fraction of sp³-hybridized carbons (Fsp3) is 0.500. The Kier molecular flexibility index (Phi) is 5.73. The Morgan fingerprint density at radius 2 is 2.13 bits per heavy atom. The van der Waals surface area contributed by atoms with E-state index < -0.39 is 0 Å². The number of benzene rings is 1. The van der Waals surface area contributed by atoms with Gasteiger partial charge in [0.05, 0.1) is 7.11 Å². The highest BCUT2D eigenvalue weighted by atomic mass is 32.1. The summed E-state index contributed by atoms with van der Waals surface area (Å²) in [6, 6.07) is 6.84. The summed E-state index contributed by atoms with van der Waals surface area (Å²) < 4.78 is 6.64. The molecule has 1 aromatic heterocycles. The van der Waals surface area contributed by atoms with E-state index in [-0.39, 0.29) is 0 Å². The summed E-state index contributed by atoms with van der Waals surface area (Å²) >= 11 is 7.21. The van der Waals surface area contributed by atoms with E-state index in [1.54, 1.807) is 18.4 Å². The lowest BCUT2D eigenvalue weighted by Gasteiger charge is -2.24. The molecule has 5 heteroatoms. The molecule has 1 aliphatic rings. The monoisotopic (exact) mass is 348 g/mol. The van der Waals surface area contributed by atoms with Gasteiger partial charge in [0.25, 0.3) is 0 Å². The first-order valence-electron chi connectivity index (χ1n) is 8.35. The fourth-order valence-corrected chi connectivity index (χ4v) is 4.42. The van der Waals surface area contributed by atoms with Gasteiger partial charge in [0.1, 0.15) is 5.75 Å². The van der Waals surface area contributed by atoms with Gasteiger partial charge in [-0.25, -0.2) is 0 Å². The molecule has 2 aromatic rings. The first kappa shape index (κ1) is 16.5. The van der Waals surface area contributed by atoms with Crippen molar-refractivity contribution in [3.63, 3.8) is 0 Å². The molecule has 1 heterocycles. The van der Waals surface area contributed by atoms with Crippen LogP contribution in [0.2, 0.25) is 0 Å². The maximum absolute atomic E-state index is 5.43. The van der Waals surface area contributed by atoms with Crippen molar-refractivity contribution in [3.05, 3.63) is 29.1 Å². The number of thiophene rings is 1. The van der Waals surface area contributed by atoms with Crippen molar-refractivity contribution in [1.29, 1.82) is 0 Å². The Labute approximate surface area is 147 Å². The van der Waals surface area contributed by atoms with Gasteiger partial charge in [0.15, 0.2) is 5.11 Å².